The zero-order valence-corrected chi connectivity index (χ0v) is 15.0. The van der Waals surface area contributed by atoms with Gasteiger partial charge < -0.3 is 4.90 Å². The molecule has 1 saturated carbocycles. The van der Waals surface area contributed by atoms with Crippen LogP contribution in [0.15, 0.2) is 11.6 Å². The van der Waals surface area contributed by atoms with Gasteiger partial charge in [0.2, 0.25) is 5.91 Å². The van der Waals surface area contributed by atoms with Gasteiger partial charge in [0.1, 0.15) is 0 Å². The predicted molar refractivity (Wildman–Crippen MR) is 91.5 cm³/mol. The molecule has 2 atom stereocenters. The molecular weight excluding hydrogens is 270 g/mol. The van der Waals surface area contributed by atoms with Gasteiger partial charge in [-0.2, -0.15) is 0 Å². The first-order valence-electron chi connectivity index (χ1n) is 9.39. The quantitative estimate of drug-likeness (QED) is 0.686. The zero-order valence-electron chi connectivity index (χ0n) is 15.0. The van der Waals surface area contributed by atoms with Crippen molar-refractivity contribution in [2.45, 2.75) is 72.6 Å². The van der Waals surface area contributed by atoms with Crippen molar-refractivity contribution in [2.75, 3.05) is 13.1 Å². The van der Waals surface area contributed by atoms with Crippen LogP contribution >= 0.6 is 0 Å². The van der Waals surface area contributed by atoms with Crippen LogP contribution in [0.2, 0.25) is 0 Å². The lowest BCUT2D eigenvalue weighted by molar-refractivity contribution is -0.143. The third-order valence-corrected chi connectivity index (χ3v) is 6.88. The molecule has 22 heavy (non-hydrogen) atoms. The van der Waals surface area contributed by atoms with E-state index in [1.165, 1.54) is 32.1 Å². The Labute approximate surface area is 136 Å². The summed E-state index contributed by atoms with van der Waals surface area (Å²) >= 11 is 0. The van der Waals surface area contributed by atoms with Gasteiger partial charge in [-0.05, 0) is 62.2 Å². The van der Waals surface area contributed by atoms with Crippen molar-refractivity contribution in [3.8, 4) is 0 Å². The van der Waals surface area contributed by atoms with E-state index in [4.69, 9.17) is 0 Å². The lowest BCUT2D eigenvalue weighted by Crippen LogP contribution is -2.45. The molecule has 1 saturated heterocycles. The summed E-state index contributed by atoms with van der Waals surface area (Å²) in [6.07, 6.45) is 10.7. The molecule has 0 radical (unpaired) electrons. The Morgan fingerprint density at radius 1 is 1.27 bits per heavy atom. The van der Waals surface area contributed by atoms with E-state index in [1.807, 2.05) is 0 Å². The molecule has 4 aliphatic rings. The van der Waals surface area contributed by atoms with Crippen LogP contribution in [-0.2, 0) is 4.79 Å². The zero-order chi connectivity index (χ0) is 16.0. The van der Waals surface area contributed by atoms with Crippen molar-refractivity contribution >= 4 is 5.91 Å². The first-order valence-corrected chi connectivity index (χ1v) is 9.39. The maximum absolute atomic E-state index is 13.3. The molecule has 4 rings (SSSR count). The molecule has 0 aromatic heterocycles. The van der Waals surface area contributed by atoms with E-state index in [9.17, 15) is 4.79 Å². The minimum Gasteiger partial charge on any atom is -0.342 e. The largest absolute Gasteiger partial charge is 0.342 e. The summed E-state index contributed by atoms with van der Waals surface area (Å²) in [5, 5.41) is 0. The SMILES string of the molecule is CCC1(CC)CCN(C(=O)C2(C)CC(C)C=C3CC(C3)C2)C1. The van der Waals surface area contributed by atoms with E-state index >= 15 is 0 Å². The van der Waals surface area contributed by atoms with Gasteiger partial charge in [-0.15, -0.1) is 0 Å². The van der Waals surface area contributed by atoms with Crippen LogP contribution in [0, 0.1) is 22.7 Å². The smallest absolute Gasteiger partial charge is 0.228 e. The Bertz CT molecular complexity index is 468. The van der Waals surface area contributed by atoms with Gasteiger partial charge in [-0.25, -0.2) is 0 Å². The fraction of sp³-hybridized carbons (Fsp3) is 0.850. The second-order valence-corrected chi connectivity index (χ2v) is 8.73. The molecule has 0 N–H and O–H groups in total. The topological polar surface area (TPSA) is 20.3 Å². The van der Waals surface area contributed by atoms with Crippen LogP contribution in [-0.4, -0.2) is 23.9 Å². The van der Waals surface area contributed by atoms with E-state index in [0.29, 0.717) is 17.2 Å². The summed E-state index contributed by atoms with van der Waals surface area (Å²) in [7, 11) is 0. The molecule has 2 bridgehead atoms. The van der Waals surface area contributed by atoms with Gasteiger partial charge in [-0.1, -0.05) is 39.3 Å². The average molecular weight is 303 g/mol. The van der Waals surface area contributed by atoms with Crippen LogP contribution in [0.1, 0.15) is 72.6 Å². The number of allylic oxidation sites excluding steroid dienone is 2. The highest BCUT2D eigenvalue weighted by Crippen LogP contribution is 2.49. The number of carbonyl (C=O) groups excluding carboxylic acids is 1. The minimum absolute atomic E-state index is 0.135. The van der Waals surface area contributed by atoms with Crippen LogP contribution in [0.25, 0.3) is 0 Å². The first-order chi connectivity index (χ1) is 10.4. The average Bonchev–Trinajstić information content (AvgIpc) is 2.87. The molecule has 1 amide bonds. The highest BCUT2D eigenvalue weighted by atomic mass is 16.2. The Balaban J connectivity index is 1.75. The molecule has 0 aromatic carbocycles. The molecule has 2 heteroatoms. The maximum Gasteiger partial charge on any atom is 0.228 e. The van der Waals surface area contributed by atoms with Crippen LogP contribution in [0.3, 0.4) is 0 Å². The molecule has 2 unspecified atom stereocenters. The van der Waals surface area contributed by atoms with Crippen molar-refractivity contribution in [3.05, 3.63) is 11.6 Å². The molecule has 0 aromatic rings. The van der Waals surface area contributed by atoms with E-state index in [-0.39, 0.29) is 5.41 Å². The summed E-state index contributed by atoms with van der Waals surface area (Å²) in [4.78, 5) is 15.5. The first kappa shape index (κ1) is 16.1. The lowest BCUT2D eigenvalue weighted by Gasteiger charge is -2.43. The Hall–Kier alpha value is -0.790. The van der Waals surface area contributed by atoms with Gasteiger partial charge >= 0.3 is 0 Å². The van der Waals surface area contributed by atoms with Crippen LogP contribution < -0.4 is 0 Å². The van der Waals surface area contributed by atoms with Crippen molar-refractivity contribution in [1.29, 1.82) is 0 Å². The molecule has 1 aliphatic heterocycles. The summed E-state index contributed by atoms with van der Waals surface area (Å²) in [6.45, 7) is 11.1. The third-order valence-electron chi connectivity index (χ3n) is 6.88. The minimum atomic E-state index is -0.135. The van der Waals surface area contributed by atoms with Crippen molar-refractivity contribution in [3.63, 3.8) is 0 Å². The van der Waals surface area contributed by atoms with Crippen LogP contribution in [0.5, 0.6) is 0 Å². The Morgan fingerprint density at radius 3 is 2.55 bits per heavy atom. The van der Waals surface area contributed by atoms with Gasteiger partial charge in [0.15, 0.2) is 0 Å². The fourth-order valence-corrected chi connectivity index (χ4v) is 5.35. The standard InChI is InChI=1S/C20H33NO/c1-5-20(6-2)7-8-21(14-20)18(22)19(4)12-15(3)9-16-10-17(11-16)13-19/h9,15,17H,5-8,10-14H2,1-4H3. The normalized spacial score (nSPS) is 37.1. The monoisotopic (exact) mass is 303 g/mol. The summed E-state index contributed by atoms with van der Waals surface area (Å²) in [5.74, 6) is 1.76. The van der Waals surface area contributed by atoms with E-state index < -0.39 is 0 Å². The van der Waals surface area contributed by atoms with E-state index in [0.717, 1.165) is 31.8 Å². The van der Waals surface area contributed by atoms with Gasteiger partial charge in [-0.3, -0.25) is 4.79 Å². The highest BCUT2D eigenvalue weighted by Gasteiger charge is 2.46. The number of hydrogen-bond acceptors (Lipinski definition) is 1. The van der Waals surface area contributed by atoms with Crippen molar-refractivity contribution in [1.82, 2.24) is 4.90 Å². The number of hydrogen-bond donors (Lipinski definition) is 0. The van der Waals surface area contributed by atoms with Crippen molar-refractivity contribution in [2.24, 2.45) is 22.7 Å². The summed E-state index contributed by atoms with van der Waals surface area (Å²) < 4.78 is 0. The number of carbonyl (C=O) groups is 1. The second-order valence-electron chi connectivity index (χ2n) is 8.73. The van der Waals surface area contributed by atoms with Crippen LogP contribution in [0.4, 0.5) is 0 Å². The van der Waals surface area contributed by atoms with Gasteiger partial charge in [0.25, 0.3) is 0 Å². The predicted octanol–water partition coefficient (Wildman–Crippen LogP) is 4.80. The molecule has 3 aliphatic carbocycles. The van der Waals surface area contributed by atoms with Gasteiger partial charge in [0.05, 0.1) is 0 Å². The highest BCUT2D eigenvalue weighted by molar-refractivity contribution is 5.83. The molecular formula is C20H33NO. The third kappa shape index (κ3) is 2.74. The Morgan fingerprint density at radius 2 is 1.95 bits per heavy atom. The van der Waals surface area contributed by atoms with E-state index in [1.54, 1.807) is 5.57 Å². The molecule has 2 fully saturated rings. The number of likely N-dealkylation sites (tertiary alicyclic amines) is 1. The fourth-order valence-electron chi connectivity index (χ4n) is 5.35. The number of rotatable bonds is 3. The summed E-state index contributed by atoms with van der Waals surface area (Å²) in [6, 6.07) is 0. The van der Waals surface area contributed by atoms with Crippen molar-refractivity contribution < 1.29 is 4.79 Å². The molecule has 124 valence electrons. The molecule has 0 spiro atoms. The number of amides is 1. The number of nitrogens with zero attached hydrogens (tertiary/aromatic N) is 1. The Kier molecular flexibility index (Phi) is 4.16. The van der Waals surface area contributed by atoms with Gasteiger partial charge in [0, 0.05) is 18.5 Å². The second kappa shape index (κ2) is 5.69. The number of fused-ring (bicyclic) bond motifs is 4. The lowest BCUT2D eigenvalue weighted by atomic mass is 9.63. The summed E-state index contributed by atoms with van der Waals surface area (Å²) in [5.41, 5.74) is 1.90. The maximum atomic E-state index is 13.3. The molecule has 1 heterocycles. The van der Waals surface area contributed by atoms with E-state index in [2.05, 4.69) is 38.7 Å². The molecule has 2 nitrogen and oxygen atoms in total.